The molecule has 0 aliphatic carbocycles. The first-order chi connectivity index (χ1) is 7.00. The summed E-state index contributed by atoms with van der Waals surface area (Å²) in [6, 6.07) is 2.07. The fourth-order valence-corrected chi connectivity index (χ4v) is 1.81. The zero-order valence-electron chi connectivity index (χ0n) is 10.0. The van der Waals surface area contributed by atoms with Gasteiger partial charge in [-0.1, -0.05) is 13.8 Å². The molecule has 1 aromatic heterocycles. The van der Waals surface area contributed by atoms with Crippen molar-refractivity contribution in [1.82, 2.24) is 0 Å². The van der Waals surface area contributed by atoms with E-state index in [2.05, 4.69) is 19.9 Å². The van der Waals surface area contributed by atoms with E-state index in [1.54, 1.807) is 13.2 Å². The number of rotatable bonds is 5. The van der Waals surface area contributed by atoms with Crippen LogP contribution in [0.25, 0.3) is 0 Å². The van der Waals surface area contributed by atoms with Crippen molar-refractivity contribution < 1.29 is 9.21 Å². The molecule has 0 radical (unpaired) electrons. The van der Waals surface area contributed by atoms with Gasteiger partial charge in [0.2, 0.25) is 0 Å². The summed E-state index contributed by atoms with van der Waals surface area (Å²) in [5.74, 6) is 2.14. The van der Waals surface area contributed by atoms with Crippen molar-refractivity contribution in [3.63, 3.8) is 0 Å². The summed E-state index contributed by atoms with van der Waals surface area (Å²) in [6.07, 6.45) is 3.31. The van der Waals surface area contributed by atoms with Gasteiger partial charge in [-0.15, -0.1) is 0 Å². The summed E-state index contributed by atoms with van der Waals surface area (Å²) >= 11 is 0. The number of carbonyl (C=O) groups is 1. The topological polar surface area (TPSA) is 30.2 Å². The van der Waals surface area contributed by atoms with Gasteiger partial charge >= 0.3 is 0 Å². The lowest BCUT2D eigenvalue weighted by molar-refractivity contribution is -0.117. The van der Waals surface area contributed by atoms with E-state index in [1.165, 1.54) is 0 Å². The number of carbonyl (C=O) groups excluding carboxylic acids is 1. The van der Waals surface area contributed by atoms with Gasteiger partial charge in [0.05, 0.1) is 6.26 Å². The third kappa shape index (κ3) is 3.54. The molecule has 0 bridgehead atoms. The molecule has 0 aliphatic heterocycles. The van der Waals surface area contributed by atoms with Gasteiger partial charge < -0.3 is 9.21 Å². The van der Waals surface area contributed by atoms with Crippen LogP contribution < -0.4 is 0 Å². The molecule has 1 rings (SSSR count). The molecule has 0 spiro atoms. The zero-order valence-corrected chi connectivity index (χ0v) is 10.0. The van der Waals surface area contributed by atoms with Gasteiger partial charge in [-0.2, -0.15) is 0 Å². The molecule has 15 heavy (non-hydrogen) atoms. The Hall–Kier alpha value is -1.05. The predicted octanol–water partition coefficient (Wildman–Crippen LogP) is 3.70. The molecule has 1 unspecified atom stereocenters. The van der Waals surface area contributed by atoms with Gasteiger partial charge in [-0.05, 0) is 37.8 Å². The van der Waals surface area contributed by atoms with Gasteiger partial charge in [0.25, 0.3) is 0 Å². The number of Topliss-reactive ketones (excluding diaryl/α,β-unsaturated/α-hetero) is 1. The van der Waals surface area contributed by atoms with Crippen molar-refractivity contribution in [2.45, 2.75) is 46.5 Å². The van der Waals surface area contributed by atoms with Crippen LogP contribution in [0.2, 0.25) is 0 Å². The maximum Gasteiger partial charge on any atom is 0.129 e. The summed E-state index contributed by atoms with van der Waals surface area (Å²) in [5, 5.41) is 0. The van der Waals surface area contributed by atoms with Crippen LogP contribution in [0.4, 0.5) is 0 Å². The number of aryl methyl sites for hydroxylation is 1. The number of furan rings is 1. The Balaban J connectivity index is 2.70. The first-order valence-corrected chi connectivity index (χ1v) is 5.55. The number of hydrogen-bond donors (Lipinski definition) is 0. The second kappa shape index (κ2) is 5.15. The standard InChI is InChI=1S/C13H20O2/c1-9(2)12(6-5-11(4)14)13-7-10(3)8-15-13/h7-9,12H,5-6H2,1-4H3. The molecule has 84 valence electrons. The average Bonchev–Trinajstić information content (AvgIpc) is 2.51. The van der Waals surface area contributed by atoms with Crippen molar-refractivity contribution in [3.8, 4) is 0 Å². The van der Waals surface area contributed by atoms with Crippen molar-refractivity contribution in [1.29, 1.82) is 0 Å². The Kier molecular flexibility index (Phi) is 4.13. The largest absolute Gasteiger partial charge is 0.469 e. The van der Waals surface area contributed by atoms with Crippen LogP contribution >= 0.6 is 0 Å². The molecule has 0 aliphatic rings. The van der Waals surface area contributed by atoms with Crippen molar-refractivity contribution in [2.75, 3.05) is 0 Å². The number of ketones is 1. The molecule has 1 heterocycles. The second-order valence-electron chi connectivity index (χ2n) is 4.62. The van der Waals surface area contributed by atoms with E-state index in [9.17, 15) is 4.79 Å². The molecule has 0 amide bonds. The van der Waals surface area contributed by atoms with Crippen LogP contribution in [-0.2, 0) is 4.79 Å². The molecule has 0 saturated heterocycles. The molecule has 0 fully saturated rings. The van der Waals surface area contributed by atoms with Gasteiger partial charge in [0.1, 0.15) is 11.5 Å². The normalized spacial score (nSPS) is 13.1. The van der Waals surface area contributed by atoms with E-state index in [4.69, 9.17) is 4.42 Å². The minimum Gasteiger partial charge on any atom is -0.469 e. The third-order valence-corrected chi connectivity index (χ3v) is 2.73. The summed E-state index contributed by atoms with van der Waals surface area (Å²) in [6.45, 7) is 8.01. The van der Waals surface area contributed by atoms with E-state index in [0.717, 1.165) is 17.7 Å². The molecular formula is C13H20O2. The predicted molar refractivity (Wildman–Crippen MR) is 60.9 cm³/mol. The highest BCUT2D eigenvalue weighted by atomic mass is 16.3. The van der Waals surface area contributed by atoms with E-state index >= 15 is 0 Å². The van der Waals surface area contributed by atoms with Crippen LogP contribution in [0.15, 0.2) is 16.7 Å². The molecule has 1 aromatic rings. The van der Waals surface area contributed by atoms with Crippen LogP contribution in [0.5, 0.6) is 0 Å². The third-order valence-electron chi connectivity index (χ3n) is 2.73. The summed E-state index contributed by atoms with van der Waals surface area (Å²) < 4.78 is 5.51. The molecule has 0 saturated carbocycles. The maximum atomic E-state index is 11.0. The molecule has 0 N–H and O–H groups in total. The summed E-state index contributed by atoms with van der Waals surface area (Å²) in [4.78, 5) is 11.0. The van der Waals surface area contributed by atoms with E-state index < -0.39 is 0 Å². The van der Waals surface area contributed by atoms with Crippen LogP contribution in [0, 0.1) is 12.8 Å². The zero-order chi connectivity index (χ0) is 11.4. The van der Waals surface area contributed by atoms with Gasteiger partial charge in [0, 0.05) is 12.3 Å². The SMILES string of the molecule is CC(=O)CCC(c1cc(C)co1)C(C)C. The maximum absolute atomic E-state index is 11.0. The lowest BCUT2D eigenvalue weighted by atomic mass is 9.88. The summed E-state index contributed by atoms with van der Waals surface area (Å²) in [7, 11) is 0. The Morgan fingerprint density at radius 2 is 2.13 bits per heavy atom. The van der Waals surface area contributed by atoms with Gasteiger partial charge in [-0.25, -0.2) is 0 Å². The van der Waals surface area contributed by atoms with E-state index in [0.29, 0.717) is 18.3 Å². The fraction of sp³-hybridized carbons (Fsp3) is 0.615. The number of hydrogen-bond acceptors (Lipinski definition) is 2. The Morgan fingerprint density at radius 1 is 1.47 bits per heavy atom. The quantitative estimate of drug-likeness (QED) is 0.738. The van der Waals surface area contributed by atoms with Gasteiger partial charge in [0.15, 0.2) is 0 Å². The first-order valence-electron chi connectivity index (χ1n) is 5.55. The lowest BCUT2D eigenvalue weighted by Gasteiger charge is -2.17. The molecule has 2 nitrogen and oxygen atoms in total. The van der Waals surface area contributed by atoms with Crippen molar-refractivity contribution >= 4 is 5.78 Å². The minimum atomic E-state index is 0.254. The van der Waals surface area contributed by atoms with Crippen LogP contribution in [-0.4, -0.2) is 5.78 Å². The Bertz CT molecular complexity index is 323. The summed E-state index contributed by atoms with van der Waals surface area (Å²) in [5.41, 5.74) is 1.15. The lowest BCUT2D eigenvalue weighted by Crippen LogP contribution is -2.07. The fourth-order valence-electron chi connectivity index (χ4n) is 1.81. The molecule has 0 aromatic carbocycles. The van der Waals surface area contributed by atoms with Gasteiger partial charge in [-0.3, -0.25) is 0 Å². The van der Waals surface area contributed by atoms with Crippen molar-refractivity contribution in [2.24, 2.45) is 5.92 Å². The smallest absolute Gasteiger partial charge is 0.129 e. The first kappa shape index (κ1) is 12.0. The second-order valence-corrected chi connectivity index (χ2v) is 4.62. The molecule has 1 atom stereocenters. The monoisotopic (exact) mass is 208 g/mol. The van der Waals surface area contributed by atoms with Crippen molar-refractivity contribution in [3.05, 3.63) is 23.7 Å². The highest BCUT2D eigenvalue weighted by Crippen LogP contribution is 2.30. The van der Waals surface area contributed by atoms with Crippen LogP contribution in [0.3, 0.4) is 0 Å². The highest BCUT2D eigenvalue weighted by molar-refractivity contribution is 5.75. The van der Waals surface area contributed by atoms with E-state index in [-0.39, 0.29) is 5.78 Å². The molecular weight excluding hydrogens is 188 g/mol. The average molecular weight is 208 g/mol. The Morgan fingerprint density at radius 3 is 2.53 bits per heavy atom. The Labute approximate surface area is 91.7 Å². The van der Waals surface area contributed by atoms with Crippen LogP contribution in [0.1, 0.15) is 50.9 Å². The highest BCUT2D eigenvalue weighted by Gasteiger charge is 2.19. The molecule has 2 heteroatoms. The van der Waals surface area contributed by atoms with E-state index in [1.807, 2.05) is 6.92 Å². The minimum absolute atomic E-state index is 0.254.